The van der Waals surface area contributed by atoms with Crippen LogP contribution in [-0.2, 0) is 13.1 Å². The van der Waals surface area contributed by atoms with Crippen LogP contribution in [0.15, 0.2) is 48.5 Å². The Morgan fingerprint density at radius 1 is 1.10 bits per heavy atom. The van der Waals surface area contributed by atoms with Crippen molar-refractivity contribution in [2.75, 3.05) is 11.4 Å². The summed E-state index contributed by atoms with van der Waals surface area (Å²) in [5.41, 5.74) is 3.89. The highest BCUT2D eigenvalue weighted by Gasteiger charge is 2.26. The number of hydrogen-bond acceptors (Lipinski definition) is 2. The number of benzene rings is 2. The minimum Gasteiger partial charge on any atom is -0.365 e. The van der Waals surface area contributed by atoms with Crippen LogP contribution in [0.2, 0.25) is 5.02 Å². The molecule has 0 spiro atoms. The Kier molecular flexibility index (Phi) is 3.92. The van der Waals surface area contributed by atoms with Crippen LogP contribution in [0.3, 0.4) is 0 Å². The topological polar surface area (TPSA) is 15.3 Å². The van der Waals surface area contributed by atoms with Crippen molar-refractivity contribution in [2.45, 2.75) is 32.5 Å². The van der Waals surface area contributed by atoms with Gasteiger partial charge in [0, 0.05) is 35.9 Å². The molecule has 0 aromatic heterocycles. The molecular weight excluding hydrogens is 280 g/mol. The molecule has 0 fully saturated rings. The first-order chi connectivity index (χ1) is 10.1. The average molecular weight is 301 g/mol. The fourth-order valence-electron chi connectivity index (χ4n) is 2.89. The first kappa shape index (κ1) is 14.4. The molecule has 0 amide bonds. The van der Waals surface area contributed by atoms with Crippen LogP contribution in [0.5, 0.6) is 0 Å². The summed E-state index contributed by atoms with van der Waals surface area (Å²) in [6.45, 7) is 7.19. The molecule has 0 bridgehead atoms. The molecule has 110 valence electrons. The molecule has 0 aliphatic carbocycles. The Morgan fingerprint density at radius 2 is 1.81 bits per heavy atom. The number of rotatable bonds is 2. The number of anilines is 1. The number of para-hydroxylation sites is 1. The summed E-state index contributed by atoms with van der Waals surface area (Å²) in [6.07, 6.45) is 0. The van der Waals surface area contributed by atoms with E-state index in [1.54, 1.807) is 0 Å². The lowest BCUT2D eigenvalue weighted by Crippen LogP contribution is -2.46. The zero-order valence-electron chi connectivity index (χ0n) is 12.6. The summed E-state index contributed by atoms with van der Waals surface area (Å²) >= 11 is 6.34. The third kappa shape index (κ3) is 3.22. The van der Waals surface area contributed by atoms with Gasteiger partial charge in [-0.05, 0) is 37.1 Å². The maximum absolute atomic E-state index is 6.34. The van der Waals surface area contributed by atoms with Crippen LogP contribution in [0, 0.1) is 0 Å². The van der Waals surface area contributed by atoms with Gasteiger partial charge in [-0.2, -0.15) is 0 Å². The van der Waals surface area contributed by atoms with E-state index in [1.807, 2.05) is 18.2 Å². The van der Waals surface area contributed by atoms with Crippen molar-refractivity contribution in [1.29, 1.82) is 0 Å². The van der Waals surface area contributed by atoms with Gasteiger partial charge < -0.3 is 10.2 Å². The van der Waals surface area contributed by atoms with Crippen molar-refractivity contribution in [1.82, 2.24) is 5.32 Å². The average Bonchev–Trinajstić information content (AvgIpc) is 2.59. The molecule has 3 rings (SSSR count). The molecule has 1 heterocycles. The Balaban J connectivity index is 1.96. The minimum absolute atomic E-state index is 0.0697. The van der Waals surface area contributed by atoms with E-state index in [-0.39, 0.29) is 5.54 Å². The Labute approximate surface area is 131 Å². The standard InChI is InChI=1S/C18H21ClN2/c1-18(2)13-21(12-15-8-3-5-9-16(15)19)17-10-6-4-7-14(17)11-20-18/h3-10,20H,11-13H2,1-2H3. The van der Waals surface area contributed by atoms with Crippen LogP contribution in [-0.4, -0.2) is 12.1 Å². The van der Waals surface area contributed by atoms with Gasteiger partial charge >= 0.3 is 0 Å². The predicted molar refractivity (Wildman–Crippen MR) is 89.9 cm³/mol. The van der Waals surface area contributed by atoms with E-state index >= 15 is 0 Å². The van der Waals surface area contributed by atoms with E-state index in [4.69, 9.17) is 11.6 Å². The van der Waals surface area contributed by atoms with E-state index in [0.717, 1.165) is 24.7 Å². The van der Waals surface area contributed by atoms with Gasteiger partial charge in [0.2, 0.25) is 0 Å². The number of nitrogens with one attached hydrogen (secondary N) is 1. The Bertz CT molecular complexity index is 637. The molecule has 2 nitrogen and oxygen atoms in total. The number of hydrogen-bond donors (Lipinski definition) is 1. The molecule has 0 saturated carbocycles. The number of halogens is 1. The lowest BCUT2D eigenvalue weighted by Gasteiger charge is -2.32. The molecule has 0 atom stereocenters. The summed E-state index contributed by atoms with van der Waals surface area (Å²) < 4.78 is 0. The van der Waals surface area contributed by atoms with Gasteiger partial charge in [0.05, 0.1) is 0 Å². The zero-order valence-corrected chi connectivity index (χ0v) is 13.3. The zero-order chi connectivity index (χ0) is 14.9. The smallest absolute Gasteiger partial charge is 0.0455 e. The Hall–Kier alpha value is -1.51. The molecule has 0 unspecified atom stereocenters. The highest BCUT2D eigenvalue weighted by Crippen LogP contribution is 2.29. The van der Waals surface area contributed by atoms with E-state index < -0.39 is 0 Å². The maximum Gasteiger partial charge on any atom is 0.0455 e. The second kappa shape index (κ2) is 5.70. The molecule has 0 radical (unpaired) electrons. The third-order valence-corrected chi connectivity index (χ3v) is 4.36. The number of fused-ring (bicyclic) bond motifs is 1. The molecular formula is C18H21ClN2. The quantitative estimate of drug-likeness (QED) is 0.893. The van der Waals surface area contributed by atoms with E-state index in [0.29, 0.717) is 0 Å². The second-order valence-corrected chi connectivity index (χ2v) is 6.72. The first-order valence-corrected chi connectivity index (χ1v) is 7.74. The third-order valence-electron chi connectivity index (χ3n) is 3.99. The van der Waals surface area contributed by atoms with Crippen LogP contribution in [0.4, 0.5) is 5.69 Å². The van der Waals surface area contributed by atoms with Crippen molar-refractivity contribution in [3.05, 3.63) is 64.7 Å². The van der Waals surface area contributed by atoms with Crippen LogP contribution >= 0.6 is 11.6 Å². The molecule has 1 N–H and O–H groups in total. The van der Waals surface area contributed by atoms with Gasteiger partial charge in [-0.25, -0.2) is 0 Å². The van der Waals surface area contributed by atoms with E-state index in [1.165, 1.54) is 16.8 Å². The van der Waals surface area contributed by atoms with Gasteiger partial charge in [0.1, 0.15) is 0 Å². The molecule has 1 aliphatic rings. The lowest BCUT2D eigenvalue weighted by molar-refractivity contribution is 0.395. The molecule has 2 aromatic rings. The number of nitrogens with zero attached hydrogens (tertiary/aromatic N) is 1. The van der Waals surface area contributed by atoms with E-state index in [2.05, 4.69) is 54.4 Å². The molecule has 3 heteroatoms. The van der Waals surface area contributed by atoms with Gasteiger partial charge in [-0.3, -0.25) is 0 Å². The Morgan fingerprint density at radius 3 is 2.62 bits per heavy atom. The maximum atomic E-state index is 6.34. The lowest BCUT2D eigenvalue weighted by atomic mass is 10.0. The van der Waals surface area contributed by atoms with Crippen molar-refractivity contribution >= 4 is 17.3 Å². The van der Waals surface area contributed by atoms with E-state index in [9.17, 15) is 0 Å². The van der Waals surface area contributed by atoms with Crippen LogP contribution in [0.25, 0.3) is 0 Å². The second-order valence-electron chi connectivity index (χ2n) is 6.31. The summed E-state index contributed by atoms with van der Waals surface area (Å²) in [6, 6.07) is 16.7. The molecule has 1 aliphatic heterocycles. The summed E-state index contributed by atoms with van der Waals surface area (Å²) in [5.74, 6) is 0. The SMILES string of the molecule is CC1(C)CN(Cc2ccccc2Cl)c2ccccc2CN1. The predicted octanol–water partition coefficient (Wildman–Crippen LogP) is 4.23. The van der Waals surface area contributed by atoms with Gasteiger partial charge in [-0.15, -0.1) is 0 Å². The van der Waals surface area contributed by atoms with Crippen molar-refractivity contribution in [3.8, 4) is 0 Å². The van der Waals surface area contributed by atoms with Crippen molar-refractivity contribution in [3.63, 3.8) is 0 Å². The highest BCUT2D eigenvalue weighted by atomic mass is 35.5. The molecule has 0 saturated heterocycles. The van der Waals surface area contributed by atoms with Crippen molar-refractivity contribution in [2.24, 2.45) is 0 Å². The van der Waals surface area contributed by atoms with Crippen molar-refractivity contribution < 1.29 is 0 Å². The summed E-state index contributed by atoms with van der Waals surface area (Å²) in [4.78, 5) is 2.43. The van der Waals surface area contributed by atoms with Gasteiger partial charge in [0.15, 0.2) is 0 Å². The highest BCUT2D eigenvalue weighted by molar-refractivity contribution is 6.31. The molecule has 2 aromatic carbocycles. The van der Waals surface area contributed by atoms with Gasteiger partial charge in [-0.1, -0.05) is 48.0 Å². The molecule has 21 heavy (non-hydrogen) atoms. The van der Waals surface area contributed by atoms with Crippen LogP contribution in [0.1, 0.15) is 25.0 Å². The first-order valence-electron chi connectivity index (χ1n) is 7.36. The van der Waals surface area contributed by atoms with Gasteiger partial charge in [0.25, 0.3) is 0 Å². The largest absolute Gasteiger partial charge is 0.365 e. The fourth-order valence-corrected chi connectivity index (χ4v) is 3.09. The normalized spacial score (nSPS) is 17.2. The monoisotopic (exact) mass is 300 g/mol. The summed E-state index contributed by atoms with van der Waals surface area (Å²) in [7, 11) is 0. The fraction of sp³-hybridized carbons (Fsp3) is 0.333. The van der Waals surface area contributed by atoms with Crippen LogP contribution < -0.4 is 10.2 Å². The minimum atomic E-state index is 0.0697. The summed E-state index contributed by atoms with van der Waals surface area (Å²) in [5, 5.41) is 4.47.